The summed E-state index contributed by atoms with van der Waals surface area (Å²) in [6.45, 7) is 6.05. The summed E-state index contributed by atoms with van der Waals surface area (Å²) >= 11 is 0. The molecule has 0 fully saturated rings. The zero-order valence-corrected chi connectivity index (χ0v) is 29.2. The van der Waals surface area contributed by atoms with Crippen LogP contribution in [-0.4, -0.2) is 112 Å². The number of hydrogen-bond donors (Lipinski definition) is 5. The van der Waals surface area contributed by atoms with Gasteiger partial charge >= 0.3 is 0 Å². The second-order valence-electron chi connectivity index (χ2n) is 11.2. The molecule has 2 unspecified atom stereocenters. The zero-order valence-electron chi connectivity index (χ0n) is 28.4. The molecule has 0 aliphatic rings. The predicted molar refractivity (Wildman–Crippen MR) is 185 cm³/mol. The van der Waals surface area contributed by atoms with Crippen LogP contribution in [0.15, 0.2) is 57.6 Å². The molecule has 15 nitrogen and oxygen atoms in total. The van der Waals surface area contributed by atoms with Crippen LogP contribution in [0, 0.1) is 18.3 Å². The molecule has 266 valence electrons. The first-order chi connectivity index (χ1) is 23.4. The highest BCUT2D eigenvalue weighted by Gasteiger charge is 2.25. The maximum atomic E-state index is 13.5. The van der Waals surface area contributed by atoms with Gasteiger partial charge < -0.3 is 40.2 Å². The van der Waals surface area contributed by atoms with E-state index in [4.69, 9.17) is 19.3 Å². The molecular weight excluding hydrogens is 654 g/mol. The number of anilines is 3. The molecule has 0 saturated heterocycles. The highest BCUT2D eigenvalue weighted by Crippen LogP contribution is 2.41. The van der Waals surface area contributed by atoms with Crippen LogP contribution >= 0.6 is 0 Å². The van der Waals surface area contributed by atoms with Crippen LogP contribution in [0.2, 0.25) is 0 Å². The van der Waals surface area contributed by atoms with Crippen molar-refractivity contribution in [2.24, 2.45) is 10.2 Å². The Kier molecular flexibility index (Phi) is 15.1. The Hall–Kier alpha value is -4.37. The molecular formula is C33H45N7O8S. The van der Waals surface area contributed by atoms with Crippen LogP contribution in [0.4, 0.5) is 28.7 Å². The molecule has 0 aliphatic heterocycles. The summed E-state index contributed by atoms with van der Waals surface area (Å²) in [7, 11) is -1.22. The number of rotatable bonds is 20. The molecule has 1 aromatic heterocycles. The summed E-state index contributed by atoms with van der Waals surface area (Å²) in [5.41, 5.74) is 1.84. The van der Waals surface area contributed by atoms with Crippen molar-refractivity contribution in [3.63, 3.8) is 0 Å². The molecule has 1 heterocycles. The number of aliphatic hydroxyl groups excluding tert-OH is 3. The van der Waals surface area contributed by atoms with E-state index in [9.17, 15) is 23.9 Å². The number of nitrogens with one attached hydrogen (secondary N) is 2. The van der Waals surface area contributed by atoms with E-state index in [1.807, 2.05) is 30.3 Å². The molecule has 0 bridgehead atoms. The van der Waals surface area contributed by atoms with Crippen molar-refractivity contribution < 1.29 is 37.9 Å². The third kappa shape index (κ3) is 11.3. The van der Waals surface area contributed by atoms with E-state index >= 15 is 0 Å². The van der Waals surface area contributed by atoms with Gasteiger partial charge in [-0.1, -0.05) is 18.2 Å². The van der Waals surface area contributed by atoms with Crippen molar-refractivity contribution in [2.45, 2.75) is 37.9 Å². The highest BCUT2D eigenvalue weighted by atomic mass is 32.2. The quantitative estimate of drug-likeness (QED) is 0.0842. The van der Waals surface area contributed by atoms with Gasteiger partial charge in [0.15, 0.2) is 15.7 Å². The van der Waals surface area contributed by atoms with Gasteiger partial charge in [0.05, 0.1) is 57.6 Å². The molecule has 0 spiro atoms. The maximum absolute atomic E-state index is 13.5. The van der Waals surface area contributed by atoms with E-state index in [1.54, 1.807) is 25.7 Å². The molecule has 0 saturated carbocycles. The molecule has 3 aromatic rings. The molecule has 5 N–H and O–H groups in total. The van der Waals surface area contributed by atoms with Gasteiger partial charge in [-0.2, -0.15) is 5.26 Å². The molecule has 2 aromatic carbocycles. The lowest BCUT2D eigenvalue weighted by atomic mass is 10.1. The first-order valence-corrected chi connectivity index (χ1v) is 17.3. The van der Waals surface area contributed by atoms with Crippen LogP contribution in [0.1, 0.15) is 25.0 Å². The molecule has 0 aliphatic carbocycles. The van der Waals surface area contributed by atoms with Gasteiger partial charge in [0.25, 0.3) is 0 Å². The minimum absolute atomic E-state index is 0.0190. The van der Waals surface area contributed by atoms with Crippen molar-refractivity contribution in [3.05, 3.63) is 53.6 Å². The number of methoxy groups -OCH3 is 2. The van der Waals surface area contributed by atoms with Crippen molar-refractivity contribution in [1.29, 1.82) is 5.26 Å². The lowest BCUT2D eigenvalue weighted by Crippen LogP contribution is -2.39. The smallest absolute Gasteiger partial charge is 0.183 e. The van der Waals surface area contributed by atoms with E-state index in [0.717, 1.165) is 0 Å². The lowest BCUT2D eigenvalue weighted by molar-refractivity contribution is 0.0873. The zero-order chi connectivity index (χ0) is 36.0. The average molecular weight is 700 g/mol. The first-order valence-electron chi connectivity index (χ1n) is 15.6. The summed E-state index contributed by atoms with van der Waals surface area (Å²) in [5.74, 6) is 0.425. The average Bonchev–Trinajstić information content (AvgIpc) is 3.06. The molecule has 3 rings (SSSR count). The Morgan fingerprint density at radius 1 is 1.00 bits per heavy atom. The number of nitriles is 1. The van der Waals surface area contributed by atoms with E-state index in [2.05, 4.69) is 31.9 Å². The third-order valence-corrected chi connectivity index (χ3v) is 8.83. The summed E-state index contributed by atoms with van der Waals surface area (Å²) < 4.78 is 43.4. The maximum Gasteiger partial charge on any atom is 0.183 e. The standard InChI is InChI=1S/C33H45N7O8S/c1-22(42)20-40(21-23(2)43)12-16-49(44,45)30-18-28(46-4)27(17-29(30)47-5)38-39-31-24(3)26(19-34)32(35-11-14-48-15-13-41)37-33(31)36-25-9-7-6-8-10-25/h6-10,17-18,22-23,41-43H,11-16,20-21H2,1-5H3,(H2,35,36,37)/b39-38+. The number of aromatic nitrogens is 1. The fraction of sp³-hybridized carbons (Fsp3) is 0.455. The van der Waals surface area contributed by atoms with Gasteiger partial charge in [-0.05, 0) is 32.9 Å². The monoisotopic (exact) mass is 699 g/mol. The fourth-order valence-corrected chi connectivity index (χ4v) is 6.33. The molecule has 0 amide bonds. The fourth-order valence-electron chi connectivity index (χ4n) is 4.88. The number of benzene rings is 2. The van der Waals surface area contributed by atoms with Gasteiger partial charge in [0.1, 0.15) is 39.7 Å². The minimum atomic E-state index is -3.93. The van der Waals surface area contributed by atoms with Crippen molar-refractivity contribution in [1.82, 2.24) is 9.88 Å². The van der Waals surface area contributed by atoms with Crippen LogP contribution < -0.4 is 20.1 Å². The Balaban J connectivity index is 2.02. The minimum Gasteiger partial charge on any atom is -0.495 e. The first kappa shape index (κ1) is 39.1. The topological polar surface area (TPSA) is 211 Å². The lowest BCUT2D eigenvalue weighted by Gasteiger charge is -2.25. The summed E-state index contributed by atoms with van der Waals surface area (Å²) in [6.07, 6.45) is -1.42. The van der Waals surface area contributed by atoms with Gasteiger partial charge in [0.2, 0.25) is 0 Å². The van der Waals surface area contributed by atoms with Gasteiger partial charge in [-0.15, -0.1) is 10.2 Å². The van der Waals surface area contributed by atoms with Gasteiger partial charge in [-0.3, -0.25) is 4.90 Å². The van der Waals surface area contributed by atoms with E-state index < -0.39 is 22.0 Å². The Bertz CT molecular complexity index is 1690. The summed E-state index contributed by atoms with van der Waals surface area (Å²) in [4.78, 5) is 6.21. The number of azo groups is 1. The number of ether oxygens (including phenoxy) is 3. The number of nitrogens with zero attached hydrogens (tertiary/aromatic N) is 5. The normalized spacial score (nSPS) is 12.9. The third-order valence-electron chi connectivity index (χ3n) is 7.12. The van der Waals surface area contributed by atoms with Crippen LogP contribution in [0.3, 0.4) is 0 Å². The van der Waals surface area contributed by atoms with E-state index in [0.29, 0.717) is 29.4 Å². The summed E-state index contributed by atoms with van der Waals surface area (Å²) in [5, 5.41) is 53.9. The predicted octanol–water partition coefficient (Wildman–Crippen LogP) is 3.70. The van der Waals surface area contributed by atoms with Gasteiger partial charge in [0, 0.05) is 49.6 Å². The van der Waals surface area contributed by atoms with Crippen LogP contribution in [0.5, 0.6) is 11.5 Å². The highest BCUT2D eigenvalue weighted by molar-refractivity contribution is 7.91. The van der Waals surface area contributed by atoms with E-state index in [1.165, 1.54) is 26.4 Å². The second-order valence-corrected chi connectivity index (χ2v) is 13.3. The Morgan fingerprint density at radius 3 is 2.27 bits per heavy atom. The van der Waals surface area contributed by atoms with Crippen molar-refractivity contribution >= 4 is 38.5 Å². The van der Waals surface area contributed by atoms with Crippen molar-refractivity contribution in [2.75, 3.05) is 76.6 Å². The molecule has 49 heavy (non-hydrogen) atoms. The number of pyridine rings is 1. The molecule has 0 radical (unpaired) electrons. The second kappa shape index (κ2) is 19.0. The number of aliphatic hydroxyl groups is 3. The Labute approximate surface area is 287 Å². The largest absolute Gasteiger partial charge is 0.495 e. The van der Waals surface area contributed by atoms with Crippen LogP contribution in [-0.2, 0) is 14.6 Å². The molecule has 16 heteroatoms. The summed E-state index contributed by atoms with van der Waals surface area (Å²) in [6, 6.07) is 14.1. The number of sulfone groups is 1. The SMILES string of the molecule is COc1cc(S(=O)(=O)CCN(CC(C)O)CC(C)O)c(OC)cc1/N=N/c1c(Nc2ccccc2)nc(NCCOCCO)c(C#N)c1C. The molecule has 2 atom stereocenters. The van der Waals surface area contributed by atoms with E-state index in [-0.39, 0.29) is 78.5 Å². The van der Waals surface area contributed by atoms with Gasteiger partial charge in [-0.25, -0.2) is 13.4 Å². The Morgan fingerprint density at radius 2 is 1.67 bits per heavy atom. The number of hydrogen-bond acceptors (Lipinski definition) is 15. The van der Waals surface area contributed by atoms with Crippen LogP contribution in [0.25, 0.3) is 0 Å². The number of para-hydroxylation sites is 1. The van der Waals surface area contributed by atoms with Crippen molar-refractivity contribution in [3.8, 4) is 17.6 Å².